The van der Waals surface area contributed by atoms with Crippen molar-refractivity contribution in [2.24, 2.45) is 0 Å². The van der Waals surface area contributed by atoms with Crippen LogP contribution in [-0.2, 0) is 19.1 Å². The zero-order valence-corrected chi connectivity index (χ0v) is 30.7. The van der Waals surface area contributed by atoms with E-state index in [1.165, 1.54) is 48.3 Å². The lowest BCUT2D eigenvalue weighted by Gasteiger charge is -2.40. The van der Waals surface area contributed by atoms with Gasteiger partial charge in [0.15, 0.2) is 0 Å². The van der Waals surface area contributed by atoms with Crippen LogP contribution in [0.25, 0.3) is 5.57 Å². The summed E-state index contributed by atoms with van der Waals surface area (Å²) in [5, 5.41) is 12.2. The number of likely N-dealkylation sites (N-methyl/N-ethyl adjacent to an activating group) is 1. The fourth-order valence-corrected chi connectivity index (χ4v) is 6.99. The molecule has 0 saturated carbocycles. The number of allylic oxidation sites excluding steroid dienone is 1. The summed E-state index contributed by atoms with van der Waals surface area (Å²) in [6.07, 6.45) is -0.686. The maximum absolute atomic E-state index is 15.9. The van der Waals surface area contributed by atoms with Gasteiger partial charge in [-0.25, -0.2) is 4.39 Å². The van der Waals surface area contributed by atoms with E-state index in [2.05, 4.69) is 25.9 Å². The molecule has 2 unspecified atom stereocenters. The quantitative estimate of drug-likeness (QED) is 0.249. The lowest BCUT2D eigenvalue weighted by atomic mass is 9.91. The fourth-order valence-electron chi connectivity index (χ4n) is 6.99. The van der Waals surface area contributed by atoms with E-state index in [0.29, 0.717) is 30.8 Å². The number of hydrogen-bond acceptors (Lipinski definition) is 7. The molecule has 3 aromatic rings. The Morgan fingerprint density at radius 2 is 1.75 bits per heavy atom. The van der Waals surface area contributed by atoms with Gasteiger partial charge in [0.2, 0.25) is 17.7 Å². The number of piperazine rings is 1. The van der Waals surface area contributed by atoms with Crippen LogP contribution < -0.4 is 16.0 Å². The molecule has 0 spiro atoms. The highest BCUT2D eigenvalue weighted by atomic mass is 19.3. The fraction of sp³-hybridized carbons (Fsp3) is 0.447. The molecule has 1 fully saturated rings. The van der Waals surface area contributed by atoms with Crippen molar-refractivity contribution >= 4 is 34.9 Å². The number of anilines is 1. The molecular weight excluding hydrogens is 691 g/mol. The van der Waals surface area contributed by atoms with Gasteiger partial charge in [-0.2, -0.15) is 13.9 Å². The lowest BCUT2D eigenvalue weighted by molar-refractivity contribution is -0.140. The van der Waals surface area contributed by atoms with Crippen molar-refractivity contribution < 1.29 is 37.1 Å². The first-order valence-corrected chi connectivity index (χ1v) is 17.6. The number of nitrogens with one attached hydrogen (secondary N) is 3. The number of carbonyl (C=O) groups excluding carboxylic acids is 4. The number of rotatable bonds is 12. The maximum atomic E-state index is 15.9. The van der Waals surface area contributed by atoms with Crippen LogP contribution in [-0.4, -0.2) is 102 Å². The van der Waals surface area contributed by atoms with Crippen LogP contribution in [0.15, 0.2) is 60.8 Å². The Morgan fingerprint density at radius 1 is 1.02 bits per heavy atom. The van der Waals surface area contributed by atoms with Gasteiger partial charge in [0.25, 0.3) is 12.0 Å². The Hall–Kier alpha value is -5.02. The number of nitrogens with zero attached hydrogens (tertiary/aromatic N) is 4. The van der Waals surface area contributed by atoms with Gasteiger partial charge in [-0.3, -0.25) is 23.9 Å². The summed E-state index contributed by atoms with van der Waals surface area (Å²) in [6.45, 7) is 8.65. The van der Waals surface area contributed by atoms with E-state index < -0.39 is 53.5 Å². The van der Waals surface area contributed by atoms with Crippen LogP contribution in [0.4, 0.5) is 18.9 Å². The Balaban J connectivity index is 1.42. The molecular formula is C38H46F3N7O5. The van der Waals surface area contributed by atoms with Crippen molar-refractivity contribution in [3.63, 3.8) is 0 Å². The lowest BCUT2D eigenvalue weighted by Crippen LogP contribution is -2.58. The van der Waals surface area contributed by atoms with Crippen molar-refractivity contribution in [2.45, 2.75) is 70.1 Å². The van der Waals surface area contributed by atoms with Crippen LogP contribution in [0.2, 0.25) is 0 Å². The molecule has 0 radical (unpaired) electrons. The minimum atomic E-state index is -1.89. The molecule has 1 aliphatic heterocycles. The highest BCUT2D eigenvalue weighted by molar-refractivity contribution is 6.02. The van der Waals surface area contributed by atoms with E-state index >= 15 is 4.39 Å². The van der Waals surface area contributed by atoms with Gasteiger partial charge < -0.3 is 30.5 Å². The number of methoxy groups -OCH3 is 1. The first kappa shape index (κ1) is 39.2. The number of fused-ring (bicyclic) bond motifs is 1. The van der Waals surface area contributed by atoms with Crippen LogP contribution >= 0.6 is 0 Å². The minimum absolute atomic E-state index is 0.0981. The second kappa shape index (κ2) is 16.8. The number of aromatic nitrogens is 2. The van der Waals surface area contributed by atoms with Crippen LogP contribution in [0.1, 0.15) is 79.2 Å². The molecule has 1 aliphatic carbocycles. The second-order valence-corrected chi connectivity index (χ2v) is 14.0. The Bertz CT molecular complexity index is 1880. The summed E-state index contributed by atoms with van der Waals surface area (Å²) in [4.78, 5) is 57.9. The molecule has 3 N–H and O–H groups in total. The van der Waals surface area contributed by atoms with E-state index in [1.54, 1.807) is 30.0 Å². The first-order valence-electron chi connectivity index (χ1n) is 17.6. The number of hydrogen-bond donors (Lipinski definition) is 3. The van der Waals surface area contributed by atoms with Gasteiger partial charge in [0, 0.05) is 62.4 Å². The van der Waals surface area contributed by atoms with E-state index in [0.717, 1.165) is 0 Å². The summed E-state index contributed by atoms with van der Waals surface area (Å²) in [7, 11) is 3.33. The topological polar surface area (TPSA) is 138 Å². The first-order chi connectivity index (χ1) is 25.2. The molecule has 5 atom stereocenters. The molecule has 2 heterocycles. The largest absolute Gasteiger partial charge is 0.375 e. The zero-order valence-electron chi connectivity index (χ0n) is 30.7. The number of carbonyl (C=O) groups is 4. The molecule has 284 valence electrons. The molecule has 0 bridgehead atoms. The smallest absolute Gasteiger partial charge is 0.274 e. The standard InChI is InChI=1S/C38H46F3N7O5/c1-21(2)48-31(13-14-42-48)36(50)45-34(27-18-28(35(40)41)26-10-8-7-9-25(26)27)37(51)43-30-12-11-24(17-29(30)39)23(4)33(44-32(49)20-53-6)38(52)47-16-15-46(5)22(3)19-47/h7-14,17,21-23,27,33-34H,15-16,18-20H2,1-6H3,(H,43,51)(H,44,49)(H,45,50)/t22-,23+,27?,33-,34?/m1/s1. The van der Waals surface area contributed by atoms with Crippen LogP contribution in [0, 0.1) is 5.82 Å². The van der Waals surface area contributed by atoms with Crippen molar-refractivity contribution in [3.8, 4) is 0 Å². The van der Waals surface area contributed by atoms with Gasteiger partial charge in [-0.1, -0.05) is 37.3 Å². The predicted molar refractivity (Wildman–Crippen MR) is 193 cm³/mol. The van der Waals surface area contributed by atoms with Gasteiger partial charge in [-0.05, 0) is 69.1 Å². The Labute approximate surface area is 306 Å². The third-order valence-electron chi connectivity index (χ3n) is 10.1. The highest BCUT2D eigenvalue weighted by Gasteiger charge is 2.40. The summed E-state index contributed by atoms with van der Waals surface area (Å²) in [5.74, 6) is -4.72. The average Bonchev–Trinajstić information content (AvgIpc) is 3.77. The second-order valence-electron chi connectivity index (χ2n) is 14.0. The van der Waals surface area contributed by atoms with Crippen molar-refractivity contribution in [3.05, 3.63) is 89.0 Å². The van der Waals surface area contributed by atoms with E-state index in [9.17, 15) is 28.0 Å². The van der Waals surface area contributed by atoms with Gasteiger partial charge in [0.05, 0.1) is 5.69 Å². The molecule has 1 aromatic heterocycles. The third-order valence-corrected chi connectivity index (χ3v) is 10.1. The van der Waals surface area contributed by atoms with Crippen molar-refractivity contribution in [1.82, 2.24) is 30.2 Å². The molecule has 1 saturated heterocycles. The molecule has 4 amide bonds. The Morgan fingerprint density at radius 3 is 2.42 bits per heavy atom. The van der Waals surface area contributed by atoms with Crippen molar-refractivity contribution in [2.75, 3.05) is 45.7 Å². The average molecular weight is 738 g/mol. The van der Waals surface area contributed by atoms with Gasteiger partial charge in [0.1, 0.15) is 30.2 Å². The summed E-state index contributed by atoms with van der Waals surface area (Å²) >= 11 is 0. The maximum Gasteiger partial charge on any atom is 0.274 e. The molecule has 53 heavy (non-hydrogen) atoms. The molecule has 2 aromatic carbocycles. The molecule has 2 aliphatic rings. The Kier molecular flexibility index (Phi) is 12.4. The molecule has 15 heteroatoms. The normalized spacial score (nSPS) is 19.0. The zero-order chi connectivity index (χ0) is 38.6. The SMILES string of the molecule is COCC(=O)N[C@@H](C(=O)N1CCN(C)[C@H](C)C1)[C@@H](C)c1ccc(NC(=O)C(NC(=O)c2ccnn2C(C)C)C2CC(=C(F)F)c3ccccc32)c(F)c1. The number of ether oxygens (including phenoxy) is 1. The van der Waals surface area contributed by atoms with Crippen LogP contribution in [0.5, 0.6) is 0 Å². The third kappa shape index (κ3) is 8.62. The van der Waals surface area contributed by atoms with E-state index in [-0.39, 0.29) is 53.5 Å². The van der Waals surface area contributed by atoms with E-state index in [1.807, 2.05) is 27.8 Å². The summed E-state index contributed by atoms with van der Waals surface area (Å²) in [5.41, 5.74) is 0.794. The number of benzene rings is 2. The number of amides is 4. The molecule has 5 rings (SSSR count). The monoisotopic (exact) mass is 737 g/mol. The minimum Gasteiger partial charge on any atom is -0.375 e. The predicted octanol–water partition coefficient (Wildman–Crippen LogP) is 4.53. The highest BCUT2D eigenvalue weighted by Crippen LogP contribution is 2.45. The van der Waals surface area contributed by atoms with Crippen LogP contribution in [0.3, 0.4) is 0 Å². The van der Waals surface area contributed by atoms with E-state index in [4.69, 9.17) is 4.74 Å². The summed E-state index contributed by atoms with van der Waals surface area (Å²) in [6, 6.07) is 9.45. The summed E-state index contributed by atoms with van der Waals surface area (Å²) < 4.78 is 50.6. The van der Waals surface area contributed by atoms with Gasteiger partial charge in [-0.15, -0.1) is 0 Å². The van der Waals surface area contributed by atoms with Gasteiger partial charge >= 0.3 is 0 Å². The van der Waals surface area contributed by atoms with Crippen molar-refractivity contribution in [1.29, 1.82) is 0 Å². The molecule has 12 nitrogen and oxygen atoms in total. The number of halogens is 3.